The molecule has 0 amide bonds. The average Bonchev–Trinajstić information content (AvgIpc) is 2.99. The number of aromatic nitrogens is 1. The Labute approximate surface area is 146 Å². The number of ether oxygens (including phenoxy) is 1. The molecule has 25 heavy (non-hydrogen) atoms. The zero-order chi connectivity index (χ0) is 17.8. The molecule has 2 aromatic carbocycles. The van der Waals surface area contributed by atoms with E-state index in [0.717, 1.165) is 27.7 Å². The fraction of sp³-hybridized carbons (Fsp3) is 0.143. The first-order chi connectivity index (χ1) is 12.1. The molecule has 0 aliphatic carbocycles. The van der Waals surface area contributed by atoms with Gasteiger partial charge in [0.1, 0.15) is 11.6 Å². The maximum absolute atomic E-state index is 12.0. The van der Waals surface area contributed by atoms with Gasteiger partial charge in [-0.05, 0) is 31.6 Å². The van der Waals surface area contributed by atoms with Gasteiger partial charge in [-0.3, -0.25) is 0 Å². The van der Waals surface area contributed by atoms with Crippen LogP contribution in [-0.4, -0.2) is 17.6 Å². The summed E-state index contributed by atoms with van der Waals surface area (Å²) in [6.07, 6.45) is 1.60. The second kappa shape index (κ2) is 7.06. The normalized spacial score (nSPS) is 11.3. The SMILES string of the molecule is CCOC(=O)/C(C#N)=C\c1c(-c2ccc(C)cc2)[nH]c2ccccc12. The van der Waals surface area contributed by atoms with Gasteiger partial charge in [0, 0.05) is 16.5 Å². The van der Waals surface area contributed by atoms with E-state index in [0.29, 0.717) is 0 Å². The highest BCUT2D eigenvalue weighted by atomic mass is 16.5. The molecule has 1 heterocycles. The van der Waals surface area contributed by atoms with Crippen molar-refractivity contribution in [3.05, 3.63) is 65.2 Å². The molecule has 1 aromatic heterocycles. The van der Waals surface area contributed by atoms with E-state index in [2.05, 4.69) is 4.98 Å². The zero-order valence-electron chi connectivity index (χ0n) is 14.2. The van der Waals surface area contributed by atoms with Gasteiger partial charge in [0.05, 0.1) is 12.3 Å². The maximum atomic E-state index is 12.0. The number of rotatable bonds is 4. The van der Waals surface area contributed by atoms with Gasteiger partial charge in [-0.15, -0.1) is 0 Å². The van der Waals surface area contributed by atoms with Crippen LogP contribution in [0.15, 0.2) is 54.1 Å². The second-order valence-electron chi connectivity index (χ2n) is 5.72. The summed E-state index contributed by atoms with van der Waals surface area (Å²) in [5.74, 6) is -0.606. The van der Waals surface area contributed by atoms with Crippen molar-refractivity contribution >= 4 is 22.9 Å². The van der Waals surface area contributed by atoms with E-state index in [-0.39, 0.29) is 12.2 Å². The third kappa shape index (κ3) is 3.31. The largest absolute Gasteiger partial charge is 0.462 e. The number of hydrogen-bond donors (Lipinski definition) is 1. The highest BCUT2D eigenvalue weighted by Gasteiger charge is 2.16. The molecule has 3 rings (SSSR count). The average molecular weight is 330 g/mol. The first kappa shape index (κ1) is 16.5. The molecule has 0 unspecified atom stereocenters. The van der Waals surface area contributed by atoms with E-state index in [4.69, 9.17) is 4.74 Å². The van der Waals surface area contributed by atoms with Gasteiger partial charge in [0.25, 0.3) is 0 Å². The Morgan fingerprint density at radius 3 is 2.60 bits per heavy atom. The number of aryl methyl sites for hydroxylation is 1. The molecule has 0 saturated heterocycles. The smallest absolute Gasteiger partial charge is 0.348 e. The number of carbonyl (C=O) groups excluding carboxylic acids is 1. The number of para-hydroxylation sites is 1. The van der Waals surface area contributed by atoms with Crippen LogP contribution in [0.1, 0.15) is 18.1 Å². The Hall–Kier alpha value is -3.32. The van der Waals surface area contributed by atoms with Crippen molar-refractivity contribution in [3.8, 4) is 17.3 Å². The summed E-state index contributed by atoms with van der Waals surface area (Å²) < 4.78 is 4.98. The van der Waals surface area contributed by atoms with Crippen LogP contribution in [0, 0.1) is 18.3 Å². The highest BCUT2D eigenvalue weighted by molar-refractivity contribution is 6.04. The molecule has 0 bridgehead atoms. The number of nitrogens with one attached hydrogen (secondary N) is 1. The number of carbonyl (C=O) groups is 1. The van der Waals surface area contributed by atoms with Crippen molar-refractivity contribution in [2.75, 3.05) is 6.61 Å². The number of H-pyrrole nitrogens is 1. The predicted octanol–water partition coefficient (Wildman–Crippen LogP) is 4.61. The number of esters is 1. The van der Waals surface area contributed by atoms with Crippen molar-refractivity contribution in [2.24, 2.45) is 0 Å². The standard InChI is InChI=1S/C21H18N2O2/c1-3-25-21(24)16(13-22)12-18-17-6-4-5-7-19(17)23-20(18)15-10-8-14(2)9-11-15/h4-12,23H,3H2,1-2H3/b16-12-. The Balaban J connectivity index is 2.22. The first-order valence-electron chi connectivity index (χ1n) is 8.10. The van der Waals surface area contributed by atoms with E-state index in [1.165, 1.54) is 5.56 Å². The topological polar surface area (TPSA) is 65.9 Å². The van der Waals surface area contributed by atoms with Crippen LogP contribution in [0.4, 0.5) is 0 Å². The van der Waals surface area contributed by atoms with Crippen molar-refractivity contribution < 1.29 is 9.53 Å². The third-order valence-corrected chi connectivity index (χ3v) is 3.99. The molecule has 124 valence electrons. The Kier molecular flexibility index (Phi) is 4.67. The number of hydrogen-bond acceptors (Lipinski definition) is 3. The van der Waals surface area contributed by atoms with Gasteiger partial charge in [0.15, 0.2) is 0 Å². The molecule has 4 nitrogen and oxygen atoms in total. The molecular weight excluding hydrogens is 312 g/mol. The summed E-state index contributed by atoms with van der Waals surface area (Å²) >= 11 is 0. The van der Waals surface area contributed by atoms with Gasteiger partial charge >= 0.3 is 5.97 Å². The van der Waals surface area contributed by atoms with Crippen LogP contribution in [0.2, 0.25) is 0 Å². The van der Waals surface area contributed by atoms with E-state index >= 15 is 0 Å². The van der Waals surface area contributed by atoms with Crippen LogP contribution in [0.25, 0.3) is 28.2 Å². The number of fused-ring (bicyclic) bond motifs is 1. The fourth-order valence-corrected chi connectivity index (χ4v) is 2.75. The molecule has 0 spiro atoms. The summed E-state index contributed by atoms with van der Waals surface area (Å²) in [7, 11) is 0. The fourth-order valence-electron chi connectivity index (χ4n) is 2.75. The molecule has 0 fully saturated rings. The van der Waals surface area contributed by atoms with Gasteiger partial charge in [-0.25, -0.2) is 4.79 Å². The van der Waals surface area contributed by atoms with Gasteiger partial charge < -0.3 is 9.72 Å². The summed E-state index contributed by atoms with van der Waals surface area (Å²) in [5.41, 5.74) is 4.78. The third-order valence-electron chi connectivity index (χ3n) is 3.99. The number of nitriles is 1. The molecule has 4 heteroatoms. The molecule has 0 atom stereocenters. The van der Waals surface area contributed by atoms with E-state index in [1.807, 2.05) is 61.5 Å². The number of nitrogens with zero attached hydrogens (tertiary/aromatic N) is 1. The van der Waals surface area contributed by atoms with Crippen LogP contribution >= 0.6 is 0 Å². The molecular formula is C21H18N2O2. The lowest BCUT2D eigenvalue weighted by atomic mass is 10.0. The minimum Gasteiger partial charge on any atom is -0.462 e. The van der Waals surface area contributed by atoms with Crippen LogP contribution < -0.4 is 0 Å². The lowest BCUT2D eigenvalue weighted by molar-refractivity contribution is -0.137. The Morgan fingerprint density at radius 2 is 1.92 bits per heavy atom. The van der Waals surface area contributed by atoms with Gasteiger partial charge in [-0.2, -0.15) is 5.26 Å². The lowest BCUT2D eigenvalue weighted by Gasteiger charge is -2.04. The molecule has 0 aliphatic heterocycles. The summed E-state index contributed by atoms with van der Waals surface area (Å²) in [5, 5.41) is 10.3. The van der Waals surface area contributed by atoms with Crippen molar-refractivity contribution in [3.63, 3.8) is 0 Å². The second-order valence-corrected chi connectivity index (χ2v) is 5.72. The molecule has 0 radical (unpaired) electrons. The summed E-state index contributed by atoms with van der Waals surface area (Å²) in [6.45, 7) is 3.98. The minimum absolute atomic E-state index is 0.0139. The molecule has 0 saturated carbocycles. The van der Waals surface area contributed by atoms with E-state index in [9.17, 15) is 10.1 Å². The van der Waals surface area contributed by atoms with E-state index < -0.39 is 5.97 Å². The highest BCUT2D eigenvalue weighted by Crippen LogP contribution is 2.32. The van der Waals surface area contributed by atoms with Gasteiger partial charge in [0.2, 0.25) is 0 Å². The quantitative estimate of drug-likeness (QED) is 0.431. The Morgan fingerprint density at radius 1 is 1.20 bits per heavy atom. The maximum Gasteiger partial charge on any atom is 0.348 e. The van der Waals surface area contributed by atoms with Gasteiger partial charge in [-0.1, -0.05) is 48.0 Å². The first-order valence-corrected chi connectivity index (χ1v) is 8.10. The minimum atomic E-state index is -0.606. The number of aromatic amines is 1. The Bertz CT molecular complexity index is 989. The lowest BCUT2D eigenvalue weighted by Crippen LogP contribution is -2.06. The van der Waals surface area contributed by atoms with Crippen molar-refractivity contribution in [2.45, 2.75) is 13.8 Å². The molecule has 1 N–H and O–H groups in total. The monoisotopic (exact) mass is 330 g/mol. The summed E-state index contributed by atoms with van der Waals surface area (Å²) in [6, 6.07) is 17.9. The molecule has 0 aliphatic rings. The zero-order valence-corrected chi connectivity index (χ0v) is 14.2. The van der Waals surface area contributed by atoms with Crippen molar-refractivity contribution in [1.82, 2.24) is 4.98 Å². The van der Waals surface area contributed by atoms with Crippen molar-refractivity contribution in [1.29, 1.82) is 5.26 Å². The van der Waals surface area contributed by atoms with Crippen LogP contribution in [0.5, 0.6) is 0 Å². The molecule has 3 aromatic rings. The van der Waals surface area contributed by atoms with Crippen LogP contribution in [-0.2, 0) is 9.53 Å². The van der Waals surface area contributed by atoms with E-state index in [1.54, 1.807) is 13.0 Å². The summed E-state index contributed by atoms with van der Waals surface area (Å²) in [4.78, 5) is 15.4. The van der Waals surface area contributed by atoms with Crippen LogP contribution in [0.3, 0.4) is 0 Å². The predicted molar refractivity (Wildman–Crippen MR) is 98.7 cm³/mol. The number of benzene rings is 2.